The topological polar surface area (TPSA) is 0 Å². The minimum Gasteiger partial charge on any atom is -1.00 e. The smallest absolute Gasteiger partial charge is 1.00 e. The second-order valence-electron chi connectivity index (χ2n) is 14.4. The number of halogens is 2. The summed E-state index contributed by atoms with van der Waals surface area (Å²) in [6.45, 7) is 20.2. The van der Waals surface area contributed by atoms with E-state index in [-0.39, 0.29) is 29.9 Å². The zero-order chi connectivity index (χ0) is 29.9. The third-order valence-electron chi connectivity index (χ3n) is 9.53. The van der Waals surface area contributed by atoms with Gasteiger partial charge in [-0.1, -0.05) is 0 Å². The van der Waals surface area contributed by atoms with E-state index < -0.39 is 38.9 Å². The molecule has 0 amide bonds. The Morgan fingerprint density at radius 1 is 0.818 bits per heavy atom. The number of rotatable bonds is 6. The molecule has 0 saturated carbocycles. The van der Waals surface area contributed by atoms with Crippen molar-refractivity contribution < 1.29 is 47.6 Å². The summed E-state index contributed by atoms with van der Waals surface area (Å²) in [5.74, 6) is 0. The van der Waals surface area contributed by atoms with Crippen molar-refractivity contribution in [1.29, 1.82) is 0 Å². The Morgan fingerprint density at radius 3 is 1.91 bits per heavy atom. The molecule has 3 aliphatic rings. The van der Waals surface area contributed by atoms with Crippen LogP contribution in [0.15, 0.2) is 120 Å². The fourth-order valence-electron chi connectivity index (χ4n) is 6.81. The van der Waals surface area contributed by atoms with Crippen LogP contribution in [0.2, 0.25) is 44.3 Å². The summed E-state index contributed by atoms with van der Waals surface area (Å²) in [5.41, 5.74) is 10.5. The predicted octanol–water partition coefficient (Wildman–Crippen LogP) is 2.02. The number of aryl methyl sites for hydroxylation is 1. The molecule has 0 radical (unpaired) electrons. The van der Waals surface area contributed by atoms with Crippen LogP contribution < -0.4 is 40.4 Å². The Morgan fingerprint density at radius 2 is 1.41 bits per heavy atom. The maximum atomic E-state index is 2.62. The number of benzene rings is 3. The van der Waals surface area contributed by atoms with E-state index in [1.807, 2.05) is 0 Å². The van der Waals surface area contributed by atoms with Gasteiger partial charge < -0.3 is 24.8 Å². The first-order valence-corrected chi connectivity index (χ1v) is 24.8. The first-order chi connectivity index (χ1) is 19.9. The molecule has 0 N–H and O–H groups in total. The van der Waals surface area contributed by atoms with E-state index in [1.54, 1.807) is 33.3 Å². The van der Waals surface area contributed by atoms with Crippen LogP contribution in [0.5, 0.6) is 0 Å². The van der Waals surface area contributed by atoms with E-state index in [9.17, 15) is 0 Å². The molecular weight excluding hydrogens is 687 g/mol. The van der Waals surface area contributed by atoms with Crippen molar-refractivity contribution in [2.75, 3.05) is 0 Å². The Kier molecular flexibility index (Phi) is 10.4. The molecule has 3 aliphatic carbocycles. The molecule has 3 aromatic rings. The molecule has 0 saturated heterocycles. The Balaban J connectivity index is 0.00000221. The standard InChI is InChI=1S/C26H33Si2.C13H10.2ClH.Zr/c1-18-15-20-17-22-21(24(20)23(16-18)27(3,4)5)13-14-26(2,28(6,7)8)25(22)19-11-9-10-12-19;1-3-7-12(8-4-1)11-13-9-5-2-6-10-13;;;/h9-11,13-16H,12H2,1-8H3;1-10H;2*1H;/q;;;;+2/p-2. The van der Waals surface area contributed by atoms with Gasteiger partial charge in [0.05, 0.1) is 0 Å². The van der Waals surface area contributed by atoms with Gasteiger partial charge in [0, 0.05) is 0 Å². The molecule has 1 atom stereocenters. The molecule has 0 nitrogen and oxygen atoms in total. The molecule has 225 valence electrons. The fourth-order valence-corrected chi connectivity index (χ4v) is 14.0. The van der Waals surface area contributed by atoms with Gasteiger partial charge in [-0.3, -0.25) is 0 Å². The SMILES string of the molecule is Cc1cc([Si](C)(C)C)c2c(c1)=[C]([Zr+2]=[C](c1ccccc1)c1ccccc1)C1=C(C3=CC=CC3)C(C)([Si](C)(C)C)C=CC=21.[Cl-].[Cl-]. The van der Waals surface area contributed by atoms with Crippen molar-refractivity contribution in [3.8, 4) is 0 Å². The summed E-state index contributed by atoms with van der Waals surface area (Å²) in [5, 5.41) is 4.80. The number of allylic oxidation sites excluding steroid dienone is 8. The Hall–Kier alpha value is -1.87. The second-order valence-corrected chi connectivity index (χ2v) is 28.0. The normalized spacial score (nSPS) is 18.7. The third-order valence-corrected chi connectivity index (χ3v) is 19.0. The van der Waals surface area contributed by atoms with Gasteiger partial charge in [0.25, 0.3) is 0 Å². The van der Waals surface area contributed by atoms with E-state index in [0.29, 0.717) is 0 Å². The van der Waals surface area contributed by atoms with Gasteiger partial charge in [-0.15, -0.1) is 0 Å². The van der Waals surface area contributed by atoms with Crippen LogP contribution in [0.25, 0.3) is 8.85 Å². The molecule has 6 rings (SSSR count). The summed E-state index contributed by atoms with van der Waals surface area (Å²) in [6.07, 6.45) is 13.3. The average Bonchev–Trinajstić information content (AvgIpc) is 3.58. The van der Waals surface area contributed by atoms with Gasteiger partial charge in [-0.05, 0) is 0 Å². The monoisotopic (exact) mass is 727 g/mol. The van der Waals surface area contributed by atoms with Crippen molar-refractivity contribution in [2.45, 2.75) is 64.6 Å². The van der Waals surface area contributed by atoms with Crippen LogP contribution in [-0.2, 0) is 22.8 Å². The maximum absolute atomic E-state index is 2.62. The molecule has 0 aliphatic heterocycles. The number of hydrogen-bond acceptors (Lipinski definition) is 0. The first kappa shape index (κ1) is 35.0. The fraction of sp³-hybridized carbons (Fsp3) is 0.256. The van der Waals surface area contributed by atoms with Crippen LogP contribution >= 0.6 is 0 Å². The molecule has 0 bridgehead atoms. The first-order valence-electron chi connectivity index (χ1n) is 15.4. The number of fused-ring (bicyclic) bond motifs is 2. The molecule has 44 heavy (non-hydrogen) atoms. The van der Waals surface area contributed by atoms with E-state index in [2.05, 4.69) is 156 Å². The van der Waals surface area contributed by atoms with Gasteiger partial charge in [0.1, 0.15) is 0 Å². The van der Waals surface area contributed by atoms with Crippen LogP contribution in [0.3, 0.4) is 0 Å². The van der Waals surface area contributed by atoms with Crippen molar-refractivity contribution in [3.63, 3.8) is 0 Å². The summed E-state index contributed by atoms with van der Waals surface area (Å²) < 4.78 is 3.26. The van der Waals surface area contributed by atoms with Crippen molar-refractivity contribution in [1.82, 2.24) is 0 Å². The molecular formula is C39H43Cl2Si2Zr. The molecule has 0 heterocycles. The molecule has 5 heteroatoms. The molecule has 0 spiro atoms. The van der Waals surface area contributed by atoms with Crippen molar-refractivity contribution in [3.05, 3.63) is 147 Å². The van der Waals surface area contributed by atoms with Gasteiger partial charge >= 0.3 is 268 Å². The minimum atomic E-state index is -1.65. The van der Waals surface area contributed by atoms with Crippen LogP contribution in [0, 0.1) is 6.92 Å². The largest absolute Gasteiger partial charge is 1.00 e. The summed E-state index contributed by atoms with van der Waals surface area (Å²) in [6, 6.07) is 27.5. The van der Waals surface area contributed by atoms with Gasteiger partial charge in [0.15, 0.2) is 0 Å². The van der Waals surface area contributed by atoms with E-state index in [1.165, 1.54) is 27.8 Å². The van der Waals surface area contributed by atoms with Crippen LogP contribution in [0.4, 0.5) is 0 Å². The Labute approximate surface area is 290 Å². The predicted molar refractivity (Wildman–Crippen MR) is 186 cm³/mol. The van der Waals surface area contributed by atoms with E-state index in [0.717, 1.165) is 6.42 Å². The zero-order valence-electron chi connectivity index (χ0n) is 27.3. The van der Waals surface area contributed by atoms with Gasteiger partial charge in [-0.25, -0.2) is 0 Å². The van der Waals surface area contributed by atoms with E-state index in [4.69, 9.17) is 0 Å². The van der Waals surface area contributed by atoms with E-state index >= 15 is 0 Å². The zero-order valence-corrected chi connectivity index (χ0v) is 33.2. The van der Waals surface area contributed by atoms with Crippen LogP contribution in [0.1, 0.15) is 30.0 Å². The van der Waals surface area contributed by atoms with Gasteiger partial charge in [-0.2, -0.15) is 0 Å². The maximum Gasteiger partial charge on any atom is -1.00 e. The second kappa shape index (κ2) is 13.1. The molecule has 0 aromatic heterocycles. The van der Waals surface area contributed by atoms with Crippen LogP contribution in [-0.4, -0.2) is 19.4 Å². The summed E-state index contributed by atoms with van der Waals surface area (Å²) in [4.78, 5) is 0. The average molecular weight is 730 g/mol. The number of hydrogen-bond donors (Lipinski definition) is 0. The molecule has 1 unspecified atom stereocenters. The van der Waals surface area contributed by atoms with Crippen molar-refractivity contribution in [2.24, 2.45) is 0 Å². The minimum absolute atomic E-state index is 0. The summed E-state index contributed by atoms with van der Waals surface area (Å²) in [7, 11) is -3.27. The Bertz CT molecular complexity index is 1820. The summed E-state index contributed by atoms with van der Waals surface area (Å²) >= 11 is -1.30. The molecule has 0 fully saturated rings. The van der Waals surface area contributed by atoms with Crippen molar-refractivity contribution >= 4 is 33.4 Å². The quantitative estimate of drug-likeness (QED) is 0.341. The van der Waals surface area contributed by atoms with Gasteiger partial charge in [0.2, 0.25) is 0 Å². The molecule has 3 aromatic carbocycles. The third kappa shape index (κ3) is 6.13.